The van der Waals surface area contributed by atoms with Crippen LogP contribution in [0.4, 0.5) is 4.79 Å². The first-order valence-electron chi connectivity index (χ1n) is 8.01. The molecule has 25 heavy (non-hydrogen) atoms. The number of amides is 1. The SMILES string of the molecule is O=C(O)N1CCc2c(c(=O)n(Cc3cccnc3)c3ncccc23)C1. The smallest absolute Gasteiger partial charge is 0.407 e. The summed E-state index contributed by atoms with van der Waals surface area (Å²) >= 11 is 0. The van der Waals surface area contributed by atoms with Gasteiger partial charge in [-0.3, -0.25) is 14.3 Å². The van der Waals surface area contributed by atoms with Crippen molar-refractivity contribution in [2.75, 3.05) is 6.54 Å². The topological polar surface area (TPSA) is 88.3 Å². The second-order valence-corrected chi connectivity index (χ2v) is 6.04. The lowest BCUT2D eigenvalue weighted by Gasteiger charge is -2.27. The number of carbonyl (C=O) groups is 1. The predicted molar refractivity (Wildman–Crippen MR) is 91.5 cm³/mol. The van der Waals surface area contributed by atoms with Crippen LogP contribution in [0, 0.1) is 0 Å². The average molecular weight is 336 g/mol. The fraction of sp³-hybridized carbons (Fsp3) is 0.222. The van der Waals surface area contributed by atoms with Crippen molar-refractivity contribution in [3.63, 3.8) is 0 Å². The van der Waals surface area contributed by atoms with E-state index in [1.54, 1.807) is 23.2 Å². The van der Waals surface area contributed by atoms with Crippen LogP contribution in [-0.4, -0.2) is 37.2 Å². The van der Waals surface area contributed by atoms with Gasteiger partial charge < -0.3 is 10.0 Å². The Morgan fingerprint density at radius 3 is 2.80 bits per heavy atom. The van der Waals surface area contributed by atoms with Gasteiger partial charge in [-0.25, -0.2) is 9.78 Å². The molecule has 0 unspecified atom stereocenters. The predicted octanol–water partition coefficient (Wildman–Crippen LogP) is 1.88. The van der Waals surface area contributed by atoms with Gasteiger partial charge in [0.15, 0.2) is 0 Å². The molecule has 0 aliphatic carbocycles. The van der Waals surface area contributed by atoms with Gasteiger partial charge in [-0.05, 0) is 35.7 Å². The summed E-state index contributed by atoms with van der Waals surface area (Å²) in [5.41, 5.74) is 2.78. The van der Waals surface area contributed by atoms with Crippen LogP contribution < -0.4 is 5.56 Å². The molecule has 1 aliphatic heterocycles. The highest BCUT2D eigenvalue weighted by Gasteiger charge is 2.26. The highest BCUT2D eigenvalue weighted by Crippen LogP contribution is 2.24. The van der Waals surface area contributed by atoms with Crippen LogP contribution in [0.15, 0.2) is 47.7 Å². The summed E-state index contributed by atoms with van der Waals surface area (Å²) in [6.45, 7) is 0.848. The third-order valence-corrected chi connectivity index (χ3v) is 4.55. The zero-order valence-corrected chi connectivity index (χ0v) is 13.4. The summed E-state index contributed by atoms with van der Waals surface area (Å²) < 4.78 is 1.61. The molecule has 1 aliphatic rings. The van der Waals surface area contributed by atoms with Crippen molar-refractivity contribution in [1.82, 2.24) is 19.4 Å². The highest BCUT2D eigenvalue weighted by molar-refractivity contribution is 5.81. The molecule has 1 N–H and O–H groups in total. The van der Waals surface area contributed by atoms with Crippen LogP contribution in [0.1, 0.15) is 16.7 Å². The standard InChI is InChI=1S/C18H16N4O3/c23-17-15-11-21(18(24)25)8-5-13(15)14-4-2-7-20-16(14)22(17)10-12-3-1-6-19-9-12/h1-4,6-7,9H,5,8,10-11H2,(H,24,25). The summed E-state index contributed by atoms with van der Waals surface area (Å²) in [6.07, 6.45) is 4.58. The van der Waals surface area contributed by atoms with Crippen molar-refractivity contribution >= 4 is 17.1 Å². The summed E-state index contributed by atoms with van der Waals surface area (Å²) in [4.78, 5) is 34.2. The molecule has 4 heterocycles. The van der Waals surface area contributed by atoms with Crippen molar-refractivity contribution in [2.45, 2.75) is 19.5 Å². The lowest BCUT2D eigenvalue weighted by Crippen LogP contribution is -2.40. The van der Waals surface area contributed by atoms with E-state index in [4.69, 9.17) is 0 Å². The van der Waals surface area contributed by atoms with E-state index in [2.05, 4.69) is 9.97 Å². The van der Waals surface area contributed by atoms with Crippen LogP contribution >= 0.6 is 0 Å². The normalized spacial score (nSPS) is 13.7. The number of fused-ring (bicyclic) bond motifs is 3. The molecule has 0 saturated heterocycles. The van der Waals surface area contributed by atoms with Crippen LogP contribution in [0.3, 0.4) is 0 Å². The molecular weight excluding hydrogens is 320 g/mol. The molecule has 7 nitrogen and oxygen atoms in total. The zero-order valence-electron chi connectivity index (χ0n) is 13.4. The zero-order chi connectivity index (χ0) is 17.4. The van der Waals surface area contributed by atoms with E-state index < -0.39 is 6.09 Å². The van der Waals surface area contributed by atoms with E-state index in [0.29, 0.717) is 30.7 Å². The molecule has 0 atom stereocenters. The molecule has 3 aromatic rings. The summed E-state index contributed by atoms with van der Waals surface area (Å²) in [5.74, 6) is 0. The van der Waals surface area contributed by atoms with E-state index in [0.717, 1.165) is 16.5 Å². The van der Waals surface area contributed by atoms with Gasteiger partial charge in [0.25, 0.3) is 5.56 Å². The minimum absolute atomic E-state index is 0.112. The van der Waals surface area contributed by atoms with E-state index in [9.17, 15) is 14.7 Å². The summed E-state index contributed by atoms with van der Waals surface area (Å²) in [6, 6.07) is 7.50. The molecule has 7 heteroatoms. The monoisotopic (exact) mass is 336 g/mol. The Hall–Kier alpha value is -3.22. The van der Waals surface area contributed by atoms with Crippen LogP contribution in [-0.2, 0) is 19.5 Å². The van der Waals surface area contributed by atoms with Gasteiger partial charge in [0, 0.05) is 36.1 Å². The number of hydrogen-bond donors (Lipinski definition) is 1. The number of aromatic nitrogens is 3. The third kappa shape index (κ3) is 2.63. The first-order valence-corrected chi connectivity index (χ1v) is 8.01. The van der Waals surface area contributed by atoms with Crippen LogP contribution in [0.25, 0.3) is 11.0 Å². The molecule has 4 rings (SSSR count). The number of hydrogen-bond acceptors (Lipinski definition) is 4. The highest BCUT2D eigenvalue weighted by atomic mass is 16.4. The fourth-order valence-electron chi connectivity index (χ4n) is 3.35. The Kier molecular flexibility index (Phi) is 3.68. The summed E-state index contributed by atoms with van der Waals surface area (Å²) in [5, 5.41) is 10.2. The van der Waals surface area contributed by atoms with Crippen molar-refractivity contribution in [2.24, 2.45) is 0 Å². The Balaban J connectivity index is 1.92. The number of rotatable bonds is 2. The van der Waals surface area contributed by atoms with E-state index in [-0.39, 0.29) is 12.1 Å². The molecule has 0 bridgehead atoms. The summed E-state index contributed by atoms with van der Waals surface area (Å²) in [7, 11) is 0. The van der Waals surface area contributed by atoms with Gasteiger partial charge in [0.05, 0.1) is 13.1 Å². The first kappa shape index (κ1) is 15.3. The lowest BCUT2D eigenvalue weighted by molar-refractivity contribution is 0.139. The Morgan fingerprint density at radius 2 is 2.04 bits per heavy atom. The largest absolute Gasteiger partial charge is 0.465 e. The molecule has 126 valence electrons. The Bertz CT molecular complexity index is 1010. The van der Waals surface area contributed by atoms with E-state index >= 15 is 0 Å². The van der Waals surface area contributed by atoms with Crippen molar-refractivity contribution in [3.05, 3.63) is 69.9 Å². The van der Waals surface area contributed by atoms with Crippen LogP contribution in [0.5, 0.6) is 0 Å². The number of pyridine rings is 3. The molecular formula is C18H16N4O3. The molecule has 0 radical (unpaired) electrons. The minimum atomic E-state index is -1.00. The number of nitrogens with zero attached hydrogens (tertiary/aromatic N) is 4. The van der Waals surface area contributed by atoms with Crippen molar-refractivity contribution in [3.8, 4) is 0 Å². The Labute approximate surface area is 143 Å². The van der Waals surface area contributed by atoms with Gasteiger partial charge in [-0.15, -0.1) is 0 Å². The maximum atomic E-state index is 13.1. The van der Waals surface area contributed by atoms with E-state index in [1.165, 1.54) is 4.90 Å². The molecule has 0 spiro atoms. The first-order chi connectivity index (χ1) is 12.1. The second-order valence-electron chi connectivity index (χ2n) is 6.04. The van der Waals surface area contributed by atoms with Gasteiger partial charge >= 0.3 is 6.09 Å². The maximum absolute atomic E-state index is 13.1. The molecule has 3 aromatic heterocycles. The van der Waals surface area contributed by atoms with E-state index in [1.807, 2.05) is 24.3 Å². The molecule has 0 aromatic carbocycles. The Morgan fingerprint density at radius 1 is 1.20 bits per heavy atom. The number of carboxylic acid groups (broad SMARTS) is 1. The minimum Gasteiger partial charge on any atom is -0.465 e. The average Bonchev–Trinajstić information content (AvgIpc) is 2.65. The van der Waals surface area contributed by atoms with Gasteiger partial charge in [0.2, 0.25) is 0 Å². The maximum Gasteiger partial charge on any atom is 0.407 e. The second kappa shape index (κ2) is 6.01. The fourth-order valence-corrected chi connectivity index (χ4v) is 3.35. The van der Waals surface area contributed by atoms with Crippen molar-refractivity contribution in [1.29, 1.82) is 0 Å². The lowest BCUT2D eigenvalue weighted by atomic mass is 9.97. The van der Waals surface area contributed by atoms with Gasteiger partial charge in [0.1, 0.15) is 5.65 Å². The van der Waals surface area contributed by atoms with Gasteiger partial charge in [-0.1, -0.05) is 6.07 Å². The van der Waals surface area contributed by atoms with Gasteiger partial charge in [-0.2, -0.15) is 0 Å². The third-order valence-electron chi connectivity index (χ3n) is 4.55. The molecule has 0 saturated carbocycles. The molecule has 0 fully saturated rings. The quantitative estimate of drug-likeness (QED) is 0.772. The van der Waals surface area contributed by atoms with Crippen molar-refractivity contribution < 1.29 is 9.90 Å². The van der Waals surface area contributed by atoms with Crippen LogP contribution in [0.2, 0.25) is 0 Å². The molecule has 1 amide bonds.